The van der Waals surface area contributed by atoms with Crippen LogP contribution in [0.25, 0.3) is 0 Å². The normalized spacial score (nSPS) is 11.8. The molecule has 1 rings (SSSR count). The Morgan fingerprint density at radius 1 is 1.43 bits per heavy atom. The summed E-state index contributed by atoms with van der Waals surface area (Å²) in [5.41, 5.74) is 0.136. The average molecular weight is 280 g/mol. The van der Waals surface area contributed by atoms with Crippen LogP contribution in [0.4, 0.5) is 0 Å². The van der Waals surface area contributed by atoms with E-state index in [0.717, 1.165) is 0 Å². The zero-order chi connectivity index (χ0) is 10.9. The predicted octanol–water partition coefficient (Wildman–Crippen LogP) is 3.08. The van der Waals surface area contributed by atoms with Gasteiger partial charge in [-0.1, -0.05) is 25.4 Å². The van der Waals surface area contributed by atoms with Crippen LogP contribution in [0.15, 0.2) is 16.6 Å². The van der Waals surface area contributed by atoms with Crippen LogP contribution in [-0.4, -0.2) is 16.8 Å². The molecule has 0 fully saturated rings. The fraction of sp³-hybridized carbons (Fsp3) is 0.400. The third kappa shape index (κ3) is 2.22. The van der Waals surface area contributed by atoms with Crippen LogP contribution in [0, 0.1) is 0 Å². The summed E-state index contributed by atoms with van der Waals surface area (Å²) < 4.78 is 0.543. The van der Waals surface area contributed by atoms with Gasteiger partial charge in [0, 0.05) is 16.0 Å². The number of rotatable bonds is 2. The molecule has 0 atom stereocenters. The van der Waals surface area contributed by atoms with E-state index in [0.29, 0.717) is 15.1 Å². The Balaban J connectivity index is 3.34. The van der Waals surface area contributed by atoms with E-state index in [9.17, 15) is 10.2 Å². The Morgan fingerprint density at radius 3 is 2.50 bits per heavy atom. The molecule has 0 heterocycles. The first-order valence-corrected chi connectivity index (χ1v) is 5.35. The SMILES string of the molecule is CC(C)(CO)c1cc(Cl)cc(Br)c1O. The van der Waals surface area contributed by atoms with Gasteiger partial charge in [-0.25, -0.2) is 0 Å². The van der Waals surface area contributed by atoms with Crippen molar-refractivity contribution in [2.45, 2.75) is 19.3 Å². The third-order valence-corrected chi connectivity index (χ3v) is 2.98. The van der Waals surface area contributed by atoms with Crippen LogP contribution in [-0.2, 0) is 5.41 Å². The summed E-state index contributed by atoms with van der Waals surface area (Å²) in [5.74, 6) is 0.133. The summed E-state index contributed by atoms with van der Waals surface area (Å²) in [6, 6.07) is 3.28. The van der Waals surface area contributed by atoms with E-state index < -0.39 is 5.41 Å². The molecule has 0 aliphatic carbocycles. The minimum absolute atomic E-state index is 0.0483. The zero-order valence-corrected chi connectivity index (χ0v) is 10.4. The molecule has 1 aromatic rings. The Labute approximate surface area is 96.7 Å². The van der Waals surface area contributed by atoms with Gasteiger partial charge in [0.25, 0.3) is 0 Å². The van der Waals surface area contributed by atoms with Crippen molar-refractivity contribution >= 4 is 27.5 Å². The zero-order valence-electron chi connectivity index (χ0n) is 8.01. The number of hydrogen-bond donors (Lipinski definition) is 2. The molecule has 78 valence electrons. The monoisotopic (exact) mass is 278 g/mol. The minimum Gasteiger partial charge on any atom is -0.506 e. The molecule has 0 radical (unpaired) electrons. The van der Waals surface area contributed by atoms with Crippen molar-refractivity contribution in [1.29, 1.82) is 0 Å². The maximum atomic E-state index is 9.77. The standard InChI is InChI=1S/C10H12BrClO2/c1-10(2,5-13)7-3-6(12)4-8(11)9(7)14/h3-4,13-14H,5H2,1-2H3. The second-order valence-corrected chi connectivity index (χ2v) is 5.12. The van der Waals surface area contributed by atoms with Gasteiger partial charge < -0.3 is 10.2 Å². The molecular formula is C10H12BrClO2. The number of phenolic OH excluding ortho intramolecular Hbond substituents is 1. The highest BCUT2D eigenvalue weighted by atomic mass is 79.9. The summed E-state index contributed by atoms with van der Waals surface area (Å²) >= 11 is 9.06. The molecule has 2 nitrogen and oxygen atoms in total. The molecule has 0 aliphatic heterocycles. The number of aromatic hydroxyl groups is 1. The Kier molecular flexibility index (Phi) is 3.45. The number of aliphatic hydroxyl groups excluding tert-OH is 1. The molecule has 0 bridgehead atoms. The van der Waals surface area contributed by atoms with Crippen molar-refractivity contribution in [3.63, 3.8) is 0 Å². The van der Waals surface area contributed by atoms with Crippen molar-refractivity contribution in [2.75, 3.05) is 6.61 Å². The third-order valence-electron chi connectivity index (χ3n) is 2.15. The van der Waals surface area contributed by atoms with Crippen LogP contribution in [0.5, 0.6) is 5.75 Å². The van der Waals surface area contributed by atoms with Crippen LogP contribution >= 0.6 is 27.5 Å². The van der Waals surface area contributed by atoms with E-state index in [2.05, 4.69) is 15.9 Å². The predicted molar refractivity (Wildman–Crippen MR) is 60.9 cm³/mol. The van der Waals surface area contributed by atoms with Gasteiger partial charge in [0.05, 0.1) is 11.1 Å². The molecule has 4 heteroatoms. The first kappa shape index (κ1) is 11.8. The number of benzene rings is 1. The summed E-state index contributed by atoms with van der Waals surface area (Å²) in [6.45, 7) is 3.63. The van der Waals surface area contributed by atoms with Gasteiger partial charge in [0.15, 0.2) is 0 Å². The summed E-state index contributed by atoms with van der Waals surface area (Å²) in [5, 5.41) is 19.5. The quantitative estimate of drug-likeness (QED) is 0.873. The smallest absolute Gasteiger partial charge is 0.133 e. The second kappa shape index (κ2) is 4.09. The molecule has 1 aromatic carbocycles. The van der Waals surface area contributed by atoms with Gasteiger partial charge in [-0.3, -0.25) is 0 Å². The van der Waals surface area contributed by atoms with Crippen molar-refractivity contribution in [2.24, 2.45) is 0 Å². The molecule has 0 saturated carbocycles. The van der Waals surface area contributed by atoms with Crippen molar-refractivity contribution in [3.05, 3.63) is 27.2 Å². The highest BCUT2D eigenvalue weighted by Gasteiger charge is 2.24. The first-order valence-electron chi connectivity index (χ1n) is 4.18. The van der Waals surface area contributed by atoms with E-state index in [-0.39, 0.29) is 12.4 Å². The number of halogens is 2. The topological polar surface area (TPSA) is 40.5 Å². The summed E-state index contributed by atoms with van der Waals surface area (Å²) in [7, 11) is 0. The van der Waals surface area contributed by atoms with E-state index in [1.54, 1.807) is 12.1 Å². The van der Waals surface area contributed by atoms with Crippen molar-refractivity contribution in [1.82, 2.24) is 0 Å². The van der Waals surface area contributed by atoms with E-state index in [1.807, 2.05) is 13.8 Å². The van der Waals surface area contributed by atoms with Crippen LogP contribution in [0.1, 0.15) is 19.4 Å². The fourth-order valence-corrected chi connectivity index (χ4v) is 1.98. The van der Waals surface area contributed by atoms with E-state index in [4.69, 9.17) is 11.6 Å². The maximum absolute atomic E-state index is 9.77. The van der Waals surface area contributed by atoms with Crippen molar-refractivity contribution < 1.29 is 10.2 Å². The average Bonchev–Trinajstić information content (AvgIpc) is 2.11. The lowest BCUT2D eigenvalue weighted by atomic mass is 9.85. The molecular weight excluding hydrogens is 267 g/mol. The lowest BCUT2D eigenvalue weighted by Crippen LogP contribution is -2.22. The van der Waals surface area contributed by atoms with Gasteiger partial charge in [0.1, 0.15) is 5.75 Å². The lowest BCUT2D eigenvalue weighted by molar-refractivity contribution is 0.215. The Bertz CT molecular complexity index is 350. The molecule has 14 heavy (non-hydrogen) atoms. The number of hydrogen-bond acceptors (Lipinski definition) is 2. The molecule has 0 spiro atoms. The number of aliphatic hydroxyl groups is 1. The lowest BCUT2D eigenvalue weighted by Gasteiger charge is -2.24. The molecule has 0 amide bonds. The minimum atomic E-state index is -0.502. The molecule has 0 saturated heterocycles. The van der Waals surface area contributed by atoms with Crippen LogP contribution < -0.4 is 0 Å². The molecule has 0 unspecified atom stereocenters. The van der Waals surface area contributed by atoms with Crippen LogP contribution in [0.2, 0.25) is 5.02 Å². The highest BCUT2D eigenvalue weighted by molar-refractivity contribution is 9.10. The van der Waals surface area contributed by atoms with Gasteiger partial charge >= 0.3 is 0 Å². The number of phenols is 1. The molecule has 2 N–H and O–H groups in total. The second-order valence-electron chi connectivity index (χ2n) is 3.83. The first-order chi connectivity index (χ1) is 6.38. The molecule has 0 aromatic heterocycles. The Morgan fingerprint density at radius 2 is 2.00 bits per heavy atom. The van der Waals surface area contributed by atoms with Crippen molar-refractivity contribution in [3.8, 4) is 5.75 Å². The summed E-state index contributed by atoms with van der Waals surface area (Å²) in [4.78, 5) is 0. The van der Waals surface area contributed by atoms with E-state index in [1.165, 1.54) is 0 Å². The van der Waals surface area contributed by atoms with Gasteiger partial charge in [-0.2, -0.15) is 0 Å². The maximum Gasteiger partial charge on any atom is 0.133 e. The fourth-order valence-electron chi connectivity index (χ4n) is 1.17. The van der Waals surface area contributed by atoms with Crippen LogP contribution in [0.3, 0.4) is 0 Å². The van der Waals surface area contributed by atoms with E-state index >= 15 is 0 Å². The largest absolute Gasteiger partial charge is 0.506 e. The van der Waals surface area contributed by atoms with Gasteiger partial charge in [-0.05, 0) is 28.1 Å². The van der Waals surface area contributed by atoms with Gasteiger partial charge in [-0.15, -0.1) is 0 Å². The Hall–Kier alpha value is -0.250. The van der Waals surface area contributed by atoms with Gasteiger partial charge in [0.2, 0.25) is 0 Å². The highest BCUT2D eigenvalue weighted by Crippen LogP contribution is 2.38. The molecule has 0 aliphatic rings. The summed E-state index contributed by atoms with van der Waals surface area (Å²) in [6.07, 6.45) is 0.